The van der Waals surface area contributed by atoms with Gasteiger partial charge in [0.25, 0.3) is 0 Å². The van der Waals surface area contributed by atoms with Crippen LogP contribution in [0.1, 0.15) is 14.5 Å². The quantitative estimate of drug-likeness (QED) is 0.852. The van der Waals surface area contributed by atoms with Crippen molar-refractivity contribution in [3.8, 4) is 0 Å². The van der Waals surface area contributed by atoms with Gasteiger partial charge in [-0.25, -0.2) is 4.79 Å². The number of hydrogen-bond acceptors (Lipinski definition) is 2. The third-order valence-corrected chi connectivity index (χ3v) is 2.37. The molecule has 0 radical (unpaired) electrons. The molecule has 1 rings (SSSR count). The lowest BCUT2D eigenvalue weighted by Gasteiger charge is -1.81. The monoisotopic (exact) mass is 232 g/mol. The van der Waals surface area contributed by atoms with Gasteiger partial charge in [0, 0.05) is 4.88 Å². The van der Waals surface area contributed by atoms with Crippen LogP contribution in [-0.4, -0.2) is 11.1 Å². The molecule has 0 bridgehead atoms. The first-order valence-corrected chi connectivity index (χ1v) is 4.57. The minimum atomic E-state index is -0.871. The zero-order valence-electron chi connectivity index (χ0n) is 5.45. The fourth-order valence-corrected chi connectivity index (χ4v) is 1.83. The third-order valence-electron chi connectivity index (χ3n) is 1.06. The van der Waals surface area contributed by atoms with Gasteiger partial charge in [0.15, 0.2) is 0 Å². The molecule has 0 unspecified atom stereocenters. The summed E-state index contributed by atoms with van der Waals surface area (Å²) in [4.78, 5) is 13.4. The second-order valence-corrected chi connectivity index (χ2v) is 3.44. The van der Waals surface area contributed by atoms with Crippen molar-refractivity contribution >= 4 is 39.3 Å². The molecule has 1 heterocycles. The van der Waals surface area contributed by atoms with Gasteiger partial charge in [-0.05, 0) is 23.2 Å². The molecule has 0 saturated carbocycles. The maximum atomic E-state index is 10.4. The smallest absolute Gasteiger partial charge is 0.345 e. The number of carboxylic acids is 1. The van der Waals surface area contributed by atoms with Crippen molar-refractivity contribution in [3.63, 3.8) is 0 Å². The van der Waals surface area contributed by atoms with E-state index in [9.17, 15) is 4.79 Å². The van der Waals surface area contributed by atoms with E-state index >= 15 is 0 Å². The first-order chi connectivity index (χ1) is 5.24. The molecule has 0 atom stereocenters. The van der Waals surface area contributed by atoms with Gasteiger partial charge in [0.05, 0.1) is 0 Å². The molecule has 0 aromatic carbocycles. The van der Waals surface area contributed by atoms with Crippen LogP contribution in [0.4, 0.5) is 0 Å². The average molecular weight is 233 g/mol. The second-order valence-electron chi connectivity index (χ2n) is 1.80. The van der Waals surface area contributed by atoms with E-state index in [2.05, 4.69) is 15.9 Å². The van der Waals surface area contributed by atoms with Crippen molar-refractivity contribution in [1.82, 2.24) is 0 Å². The summed E-state index contributed by atoms with van der Waals surface area (Å²) in [6.07, 6.45) is 1.80. The minimum Gasteiger partial charge on any atom is -0.477 e. The summed E-state index contributed by atoms with van der Waals surface area (Å²) in [5.74, 6) is -0.871. The molecule has 0 aliphatic carbocycles. The van der Waals surface area contributed by atoms with E-state index in [1.165, 1.54) is 11.3 Å². The fourth-order valence-electron chi connectivity index (χ4n) is 0.619. The standard InChI is InChI=1S/C7H5BrO2S/c8-4-3-5-1-2-6(11-5)7(9)10/h1-4H,(H,9,10)/b4-3+. The van der Waals surface area contributed by atoms with Gasteiger partial charge in [0.1, 0.15) is 4.88 Å². The highest BCUT2D eigenvalue weighted by molar-refractivity contribution is 9.11. The zero-order chi connectivity index (χ0) is 8.27. The number of carbonyl (C=O) groups is 1. The Morgan fingerprint density at radius 1 is 1.64 bits per heavy atom. The summed E-state index contributed by atoms with van der Waals surface area (Å²) < 4.78 is 0. The SMILES string of the molecule is O=C(O)c1ccc(/C=C/Br)s1. The predicted molar refractivity (Wildman–Crippen MR) is 49.2 cm³/mol. The number of hydrogen-bond donors (Lipinski definition) is 1. The maximum Gasteiger partial charge on any atom is 0.345 e. The molecule has 58 valence electrons. The van der Waals surface area contributed by atoms with Crippen molar-refractivity contribution in [2.45, 2.75) is 0 Å². The van der Waals surface area contributed by atoms with Gasteiger partial charge in [-0.15, -0.1) is 11.3 Å². The van der Waals surface area contributed by atoms with Crippen LogP contribution in [0.15, 0.2) is 17.1 Å². The Morgan fingerprint density at radius 2 is 2.36 bits per heavy atom. The number of carboxylic acid groups (broad SMARTS) is 1. The van der Waals surface area contributed by atoms with Gasteiger partial charge < -0.3 is 5.11 Å². The summed E-state index contributed by atoms with van der Waals surface area (Å²) in [5, 5.41) is 8.54. The molecule has 0 aliphatic rings. The Bertz CT molecular complexity index is 290. The molecule has 1 N–H and O–H groups in total. The van der Waals surface area contributed by atoms with Gasteiger partial charge in [-0.2, -0.15) is 0 Å². The number of halogens is 1. The van der Waals surface area contributed by atoms with Crippen molar-refractivity contribution in [2.75, 3.05) is 0 Å². The van der Waals surface area contributed by atoms with Crippen molar-refractivity contribution in [1.29, 1.82) is 0 Å². The summed E-state index contributed by atoms with van der Waals surface area (Å²) in [7, 11) is 0. The van der Waals surface area contributed by atoms with Crippen molar-refractivity contribution in [2.24, 2.45) is 0 Å². The number of thiophene rings is 1. The van der Waals surface area contributed by atoms with E-state index in [-0.39, 0.29) is 0 Å². The fraction of sp³-hybridized carbons (Fsp3) is 0. The Kier molecular flexibility index (Phi) is 2.84. The zero-order valence-corrected chi connectivity index (χ0v) is 7.85. The van der Waals surface area contributed by atoms with E-state index in [1.54, 1.807) is 23.2 Å². The van der Waals surface area contributed by atoms with Crippen LogP contribution < -0.4 is 0 Å². The van der Waals surface area contributed by atoms with Crippen molar-refractivity contribution < 1.29 is 9.90 Å². The molecule has 1 aromatic rings. The topological polar surface area (TPSA) is 37.3 Å². The van der Waals surface area contributed by atoms with Crippen LogP contribution in [0.3, 0.4) is 0 Å². The van der Waals surface area contributed by atoms with E-state index < -0.39 is 5.97 Å². The predicted octanol–water partition coefficient (Wildman–Crippen LogP) is 2.81. The van der Waals surface area contributed by atoms with Gasteiger partial charge in [0.2, 0.25) is 0 Å². The summed E-state index contributed by atoms with van der Waals surface area (Å²) in [6, 6.07) is 3.36. The lowest BCUT2D eigenvalue weighted by atomic mass is 10.4. The van der Waals surface area contributed by atoms with E-state index in [4.69, 9.17) is 5.11 Å². The molecule has 2 nitrogen and oxygen atoms in total. The summed E-state index contributed by atoms with van der Waals surface area (Å²) in [5.41, 5.74) is 0. The molecule has 0 aliphatic heterocycles. The maximum absolute atomic E-state index is 10.4. The van der Waals surface area contributed by atoms with Crippen LogP contribution >= 0.6 is 27.3 Å². The van der Waals surface area contributed by atoms with Crippen LogP contribution in [-0.2, 0) is 0 Å². The van der Waals surface area contributed by atoms with Crippen LogP contribution in [0.5, 0.6) is 0 Å². The van der Waals surface area contributed by atoms with Gasteiger partial charge in [-0.3, -0.25) is 0 Å². The molecule has 0 saturated heterocycles. The highest BCUT2D eigenvalue weighted by Gasteiger charge is 2.03. The summed E-state index contributed by atoms with van der Waals surface area (Å²) in [6.45, 7) is 0. The Morgan fingerprint density at radius 3 is 2.82 bits per heavy atom. The highest BCUT2D eigenvalue weighted by atomic mass is 79.9. The minimum absolute atomic E-state index is 0.366. The van der Waals surface area contributed by atoms with E-state index in [1.807, 2.05) is 0 Å². The normalized spacial score (nSPS) is 10.6. The Labute approximate surface area is 76.3 Å². The lowest BCUT2D eigenvalue weighted by molar-refractivity contribution is 0.0702. The van der Waals surface area contributed by atoms with Gasteiger partial charge in [-0.1, -0.05) is 15.9 Å². The molecular weight excluding hydrogens is 228 g/mol. The molecule has 11 heavy (non-hydrogen) atoms. The molecular formula is C7H5BrO2S. The van der Waals surface area contributed by atoms with Crippen LogP contribution in [0, 0.1) is 0 Å². The van der Waals surface area contributed by atoms with Crippen LogP contribution in [0.2, 0.25) is 0 Å². The highest BCUT2D eigenvalue weighted by Crippen LogP contribution is 2.17. The summed E-state index contributed by atoms with van der Waals surface area (Å²) >= 11 is 4.36. The third kappa shape index (κ3) is 2.17. The molecule has 1 aromatic heterocycles. The first kappa shape index (κ1) is 8.49. The molecule has 0 fully saturated rings. The molecule has 0 amide bonds. The molecule has 0 spiro atoms. The Hall–Kier alpha value is -0.610. The van der Waals surface area contributed by atoms with E-state index in [0.717, 1.165) is 4.88 Å². The van der Waals surface area contributed by atoms with E-state index in [0.29, 0.717) is 4.88 Å². The van der Waals surface area contributed by atoms with Crippen molar-refractivity contribution in [3.05, 3.63) is 26.9 Å². The number of aromatic carboxylic acids is 1. The largest absolute Gasteiger partial charge is 0.477 e. The van der Waals surface area contributed by atoms with Gasteiger partial charge >= 0.3 is 5.97 Å². The Balaban J connectivity index is 2.90. The lowest BCUT2D eigenvalue weighted by Crippen LogP contribution is -1.89. The second kappa shape index (κ2) is 3.69. The number of rotatable bonds is 2. The molecule has 4 heteroatoms. The van der Waals surface area contributed by atoms with Crippen LogP contribution in [0.25, 0.3) is 6.08 Å². The average Bonchev–Trinajstić information content (AvgIpc) is 2.37. The first-order valence-electron chi connectivity index (χ1n) is 2.84.